The van der Waals surface area contributed by atoms with Crippen LogP contribution in [0.5, 0.6) is 0 Å². The number of carbonyl (C=O) groups is 2. The van der Waals surface area contributed by atoms with Crippen LogP contribution in [-0.2, 0) is 50.2 Å². The highest BCUT2D eigenvalue weighted by Gasteiger charge is 2.21. The summed E-state index contributed by atoms with van der Waals surface area (Å²) in [6.45, 7) is 4.80. The first-order valence-electron chi connectivity index (χ1n) is 16.4. The number of fused-ring (bicyclic) bond motifs is 1. The summed E-state index contributed by atoms with van der Waals surface area (Å²) in [4.78, 5) is 28.5. The molecule has 0 saturated carbocycles. The Kier molecular flexibility index (Phi) is 11.5. The van der Waals surface area contributed by atoms with E-state index in [0.717, 1.165) is 61.8 Å². The molecular weight excluding hydrogens is 639 g/mol. The topological polar surface area (TPSA) is 138 Å². The van der Waals surface area contributed by atoms with Crippen molar-refractivity contribution in [2.75, 3.05) is 17.5 Å². The molecule has 0 fully saturated rings. The molecule has 5 aromatic rings. The van der Waals surface area contributed by atoms with Crippen molar-refractivity contribution >= 4 is 38.6 Å². The van der Waals surface area contributed by atoms with Gasteiger partial charge in [-0.25, -0.2) is 8.42 Å². The van der Waals surface area contributed by atoms with Crippen molar-refractivity contribution in [1.29, 1.82) is 0 Å². The number of aromatic nitrogens is 1. The van der Waals surface area contributed by atoms with Gasteiger partial charge in [0.1, 0.15) is 12.6 Å². The van der Waals surface area contributed by atoms with E-state index in [1.54, 1.807) is 12.1 Å². The summed E-state index contributed by atoms with van der Waals surface area (Å²) < 4.78 is 31.3. The Morgan fingerprint density at radius 2 is 1.55 bits per heavy atom. The van der Waals surface area contributed by atoms with Gasteiger partial charge in [-0.3, -0.25) is 14.3 Å². The molecule has 1 heterocycles. The Morgan fingerprint density at radius 1 is 0.857 bits per heavy atom. The summed E-state index contributed by atoms with van der Waals surface area (Å²) in [5.74, 6) is -1.21. The van der Waals surface area contributed by atoms with Crippen molar-refractivity contribution in [1.82, 2.24) is 10.3 Å². The van der Waals surface area contributed by atoms with Crippen molar-refractivity contribution in [2.45, 2.75) is 58.6 Å². The number of esters is 1. The molecule has 5 rings (SSSR count). The molecule has 4 aromatic carbocycles. The summed E-state index contributed by atoms with van der Waals surface area (Å²) in [5, 5.41) is 13.9. The van der Waals surface area contributed by atoms with E-state index in [-0.39, 0.29) is 19.0 Å². The van der Waals surface area contributed by atoms with Crippen LogP contribution in [0, 0.1) is 13.8 Å². The lowest BCUT2D eigenvalue weighted by atomic mass is 9.98. The summed E-state index contributed by atoms with van der Waals surface area (Å²) in [5.41, 5.74) is 9.47. The fourth-order valence-electron chi connectivity index (χ4n) is 6.17. The SMILES string of the molecule is Cc1cc(C)cc(-c2[nH]c3ccc(CC(=O)O)cc3c2CCNC(CCCc2ccc(NS(C)(=O)=O)cc2)C(=O)OCc2ccccc2)c1. The number of aromatic amines is 1. The van der Waals surface area contributed by atoms with Gasteiger partial charge in [0.05, 0.1) is 12.7 Å². The maximum absolute atomic E-state index is 13.4. The number of H-pyrrole nitrogens is 1. The first-order chi connectivity index (χ1) is 23.4. The summed E-state index contributed by atoms with van der Waals surface area (Å²) in [7, 11) is -3.36. The highest BCUT2D eigenvalue weighted by Crippen LogP contribution is 2.33. The molecule has 4 N–H and O–H groups in total. The van der Waals surface area contributed by atoms with E-state index in [1.165, 1.54) is 0 Å². The normalized spacial score (nSPS) is 12.1. The number of carboxylic acids is 1. The van der Waals surface area contributed by atoms with Gasteiger partial charge in [-0.2, -0.15) is 0 Å². The standard InChI is InChI=1S/C39H43N3O6S/c1-26-20-27(2)22-31(21-26)38-33(34-23-30(24-37(43)44)14-17-35(34)41-38)18-19-40-36(39(45)48-25-29-8-5-4-6-9-29)11-7-10-28-12-15-32(16-13-28)42-49(3,46)47/h4-6,8-9,12-17,20-23,36,40-42H,7,10-11,18-19,24-25H2,1-3H3,(H,43,44). The number of aryl methyl sites for hydroxylation is 3. The van der Waals surface area contributed by atoms with Gasteiger partial charge in [0.25, 0.3) is 0 Å². The molecule has 10 heteroatoms. The second-order valence-electron chi connectivity index (χ2n) is 12.6. The number of sulfonamides is 1. The highest BCUT2D eigenvalue weighted by atomic mass is 32.2. The molecule has 256 valence electrons. The van der Waals surface area contributed by atoms with E-state index in [0.29, 0.717) is 37.9 Å². The zero-order chi connectivity index (χ0) is 35.0. The molecule has 0 aliphatic rings. The van der Waals surface area contributed by atoms with Crippen molar-refractivity contribution < 1.29 is 27.9 Å². The van der Waals surface area contributed by atoms with Gasteiger partial charge in [-0.1, -0.05) is 65.7 Å². The van der Waals surface area contributed by atoms with Gasteiger partial charge in [-0.15, -0.1) is 0 Å². The number of benzene rings is 4. The molecule has 49 heavy (non-hydrogen) atoms. The number of carboxylic acid groups (broad SMARTS) is 1. The molecule has 0 saturated heterocycles. The second-order valence-corrected chi connectivity index (χ2v) is 14.4. The second kappa shape index (κ2) is 16.0. The van der Waals surface area contributed by atoms with Gasteiger partial charge in [0.2, 0.25) is 10.0 Å². The number of hydrogen-bond acceptors (Lipinski definition) is 6. The number of ether oxygens (including phenoxy) is 1. The van der Waals surface area contributed by atoms with E-state index in [4.69, 9.17) is 4.74 Å². The van der Waals surface area contributed by atoms with E-state index in [2.05, 4.69) is 47.1 Å². The van der Waals surface area contributed by atoms with Crippen LogP contribution in [0.4, 0.5) is 5.69 Å². The Bertz CT molecular complexity index is 2000. The van der Waals surface area contributed by atoms with Crippen molar-refractivity contribution in [3.05, 3.63) is 124 Å². The van der Waals surface area contributed by atoms with Crippen LogP contribution in [0.15, 0.2) is 91.0 Å². The van der Waals surface area contributed by atoms with Gasteiger partial charge < -0.3 is 20.1 Å². The molecule has 1 aromatic heterocycles. The van der Waals surface area contributed by atoms with E-state index >= 15 is 0 Å². The predicted octanol–water partition coefficient (Wildman–Crippen LogP) is 6.72. The number of nitrogens with one attached hydrogen (secondary N) is 3. The zero-order valence-electron chi connectivity index (χ0n) is 28.1. The Balaban J connectivity index is 1.33. The maximum atomic E-state index is 13.4. The van der Waals surface area contributed by atoms with Gasteiger partial charge in [0, 0.05) is 28.8 Å². The molecule has 0 aliphatic heterocycles. The van der Waals surface area contributed by atoms with Crippen molar-refractivity contribution in [3.63, 3.8) is 0 Å². The van der Waals surface area contributed by atoms with Crippen molar-refractivity contribution in [2.24, 2.45) is 0 Å². The molecule has 0 radical (unpaired) electrons. The highest BCUT2D eigenvalue weighted by molar-refractivity contribution is 7.92. The predicted molar refractivity (Wildman–Crippen MR) is 194 cm³/mol. The fraction of sp³-hybridized carbons (Fsp3) is 0.282. The first kappa shape index (κ1) is 35.4. The van der Waals surface area contributed by atoms with Gasteiger partial charge in [0.15, 0.2) is 0 Å². The summed E-state index contributed by atoms with van der Waals surface area (Å²) in [6.07, 6.45) is 3.59. The molecule has 1 atom stereocenters. The molecule has 0 spiro atoms. The smallest absolute Gasteiger partial charge is 0.323 e. The Morgan fingerprint density at radius 3 is 2.22 bits per heavy atom. The van der Waals surface area contributed by atoms with Crippen LogP contribution in [0.3, 0.4) is 0 Å². The fourth-order valence-corrected chi connectivity index (χ4v) is 6.74. The minimum absolute atomic E-state index is 0.0655. The third kappa shape index (κ3) is 10.3. The van der Waals surface area contributed by atoms with E-state index in [9.17, 15) is 23.1 Å². The van der Waals surface area contributed by atoms with Gasteiger partial charge in [-0.05, 0) is 104 Å². The number of carbonyl (C=O) groups excluding carboxylic acids is 1. The van der Waals surface area contributed by atoms with Crippen molar-refractivity contribution in [3.8, 4) is 11.3 Å². The van der Waals surface area contributed by atoms with Crippen LogP contribution < -0.4 is 10.0 Å². The van der Waals surface area contributed by atoms with Crippen LogP contribution in [-0.4, -0.2) is 49.3 Å². The van der Waals surface area contributed by atoms with Crippen LogP contribution in [0.2, 0.25) is 0 Å². The Labute approximate surface area is 287 Å². The molecule has 0 amide bonds. The van der Waals surface area contributed by atoms with Gasteiger partial charge >= 0.3 is 11.9 Å². The van der Waals surface area contributed by atoms with E-state index in [1.807, 2.05) is 60.7 Å². The minimum atomic E-state index is -3.36. The average molecular weight is 682 g/mol. The lowest BCUT2D eigenvalue weighted by molar-refractivity contribution is -0.147. The lowest BCUT2D eigenvalue weighted by Gasteiger charge is -2.18. The average Bonchev–Trinajstić information content (AvgIpc) is 3.40. The number of hydrogen-bond donors (Lipinski definition) is 4. The van der Waals surface area contributed by atoms with Crippen LogP contribution in [0.1, 0.15) is 46.2 Å². The first-order valence-corrected chi connectivity index (χ1v) is 18.3. The third-order valence-corrected chi connectivity index (χ3v) is 8.93. The molecule has 1 unspecified atom stereocenters. The number of aliphatic carboxylic acids is 1. The Hall–Kier alpha value is -4.93. The molecular formula is C39H43N3O6S. The van der Waals surface area contributed by atoms with Crippen LogP contribution in [0.25, 0.3) is 22.2 Å². The maximum Gasteiger partial charge on any atom is 0.323 e. The number of anilines is 1. The monoisotopic (exact) mass is 681 g/mol. The number of rotatable bonds is 16. The molecule has 9 nitrogen and oxygen atoms in total. The molecule has 0 aliphatic carbocycles. The lowest BCUT2D eigenvalue weighted by Crippen LogP contribution is -2.39. The largest absolute Gasteiger partial charge is 0.481 e. The third-order valence-electron chi connectivity index (χ3n) is 8.33. The minimum Gasteiger partial charge on any atom is -0.481 e. The van der Waals surface area contributed by atoms with Crippen LogP contribution >= 0.6 is 0 Å². The molecule has 0 bridgehead atoms. The zero-order valence-corrected chi connectivity index (χ0v) is 28.9. The van der Waals surface area contributed by atoms with E-state index < -0.39 is 22.0 Å². The summed E-state index contributed by atoms with van der Waals surface area (Å²) >= 11 is 0. The quantitative estimate of drug-likeness (QED) is 0.0849. The summed E-state index contributed by atoms with van der Waals surface area (Å²) in [6, 6.07) is 28.4.